The van der Waals surface area contributed by atoms with Gasteiger partial charge in [0, 0.05) is 17.6 Å². The van der Waals surface area contributed by atoms with E-state index in [2.05, 4.69) is 0 Å². The van der Waals surface area contributed by atoms with Crippen molar-refractivity contribution in [3.63, 3.8) is 0 Å². The molecule has 0 spiro atoms. The van der Waals surface area contributed by atoms with E-state index in [-0.39, 0.29) is 17.4 Å². The van der Waals surface area contributed by atoms with Gasteiger partial charge in [0.2, 0.25) is 0 Å². The Morgan fingerprint density at radius 2 is 1.79 bits per heavy atom. The van der Waals surface area contributed by atoms with Gasteiger partial charge in [-0.2, -0.15) is 0 Å². The number of sulfonamides is 1. The van der Waals surface area contributed by atoms with Crippen LogP contribution in [-0.4, -0.2) is 37.2 Å². The van der Waals surface area contributed by atoms with Crippen molar-refractivity contribution in [3.05, 3.63) is 77.4 Å². The third-order valence-electron chi connectivity index (χ3n) is 4.96. The molecule has 2 aromatic rings. The SMILES string of the molecule is CCOC(=O)/C=C/C1C(C)c2ccccc2C(=O)N1S(=O)(=O)c1ccc(C)cc1. The molecule has 2 unspecified atom stereocenters. The smallest absolute Gasteiger partial charge is 0.330 e. The fourth-order valence-corrected chi connectivity index (χ4v) is 5.03. The first-order valence-electron chi connectivity index (χ1n) is 9.36. The van der Waals surface area contributed by atoms with Gasteiger partial charge in [-0.05, 0) is 37.6 Å². The predicted molar refractivity (Wildman–Crippen MR) is 109 cm³/mol. The summed E-state index contributed by atoms with van der Waals surface area (Å²) in [5.74, 6) is -1.54. The third-order valence-corrected chi connectivity index (χ3v) is 6.75. The van der Waals surface area contributed by atoms with Crippen LogP contribution in [-0.2, 0) is 19.6 Å². The number of hydrogen-bond acceptors (Lipinski definition) is 5. The second-order valence-electron chi connectivity index (χ2n) is 6.90. The van der Waals surface area contributed by atoms with Crippen LogP contribution in [0.1, 0.15) is 41.3 Å². The fraction of sp³-hybridized carbons (Fsp3) is 0.273. The summed E-state index contributed by atoms with van der Waals surface area (Å²) in [6.45, 7) is 5.58. The van der Waals surface area contributed by atoms with E-state index in [1.54, 1.807) is 43.3 Å². The monoisotopic (exact) mass is 413 g/mol. The van der Waals surface area contributed by atoms with Gasteiger partial charge >= 0.3 is 5.97 Å². The molecule has 0 fully saturated rings. The average Bonchev–Trinajstić information content (AvgIpc) is 2.70. The van der Waals surface area contributed by atoms with Gasteiger partial charge in [-0.3, -0.25) is 4.79 Å². The minimum Gasteiger partial charge on any atom is -0.463 e. The Morgan fingerprint density at radius 3 is 2.45 bits per heavy atom. The number of fused-ring (bicyclic) bond motifs is 1. The molecular weight excluding hydrogens is 390 g/mol. The molecular formula is C22H23NO5S. The molecule has 2 atom stereocenters. The van der Waals surface area contributed by atoms with Crippen LogP contribution in [0, 0.1) is 6.92 Å². The fourth-order valence-electron chi connectivity index (χ4n) is 3.44. The van der Waals surface area contributed by atoms with Crippen molar-refractivity contribution in [2.24, 2.45) is 0 Å². The van der Waals surface area contributed by atoms with Crippen LogP contribution in [0.15, 0.2) is 65.6 Å². The average molecular weight is 413 g/mol. The lowest BCUT2D eigenvalue weighted by molar-refractivity contribution is -0.137. The molecule has 1 amide bonds. The summed E-state index contributed by atoms with van der Waals surface area (Å²) < 4.78 is 32.6. The number of nitrogens with zero attached hydrogens (tertiary/aromatic N) is 1. The van der Waals surface area contributed by atoms with Gasteiger partial charge in [-0.15, -0.1) is 0 Å². The number of aryl methyl sites for hydroxylation is 1. The third kappa shape index (κ3) is 3.96. The van der Waals surface area contributed by atoms with Gasteiger partial charge < -0.3 is 4.74 Å². The minimum absolute atomic E-state index is 0.0255. The molecule has 0 saturated carbocycles. The highest BCUT2D eigenvalue weighted by molar-refractivity contribution is 7.89. The van der Waals surface area contributed by atoms with Crippen LogP contribution in [0.2, 0.25) is 0 Å². The van der Waals surface area contributed by atoms with E-state index in [9.17, 15) is 18.0 Å². The number of esters is 1. The molecule has 0 aromatic heterocycles. The van der Waals surface area contributed by atoms with Crippen LogP contribution < -0.4 is 0 Å². The van der Waals surface area contributed by atoms with Crippen molar-refractivity contribution in [1.29, 1.82) is 0 Å². The minimum atomic E-state index is -4.13. The van der Waals surface area contributed by atoms with E-state index < -0.39 is 27.9 Å². The zero-order valence-corrected chi connectivity index (χ0v) is 17.3. The van der Waals surface area contributed by atoms with Gasteiger partial charge in [0.1, 0.15) is 0 Å². The Bertz CT molecular complexity index is 1060. The molecule has 152 valence electrons. The Balaban J connectivity index is 2.13. The van der Waals surface area contributed by atoms with Gasteiger partial charge in [-0.25, -0.2) is 17.5 Å². The van der Waals surface area contributed by atoms with Gasteiger partial charge in [0.15, 0.2) is 0 Å². The first kappa shape index (κ1) is 20.8. The van der Waals surface area contributed by atoms with Crippen LogP contribution in [0.4, 0.5) is 0 Å². The number of benzene rings is 2. The molecule has 1 aliphatic rings. The van der Waals surface area contributed by atoms with Gasteiger partial charge in [0.25, 0.3) is 15.9 Å². The molecule has 0 saturated heterocycles. The number of carbonyl (C=O) groups is 2. The van der Waals surface area contributed by atoms with Crippen molar-refractivity contribution in [3.8, 4) is 0 Å². The second-order valence-corrected chi connectivity index (χ2v) is 8.71. The molecule has 2 aromatic carbocycles. The highest BCUT2D eigenvalue weighted by Gasteiger charge is 2.43. The quantitative estimate of drug-likeness (QED) is 0.554. The molecule has 3 rings (SSSR count). The molecule has 6 nitrogen and oxygen atoms in total. The number of carbonyl (C=O) groups excluding carboxylic acids is 2. The Morgan fingerprint density at radius 1 is 1.14 bits per heavy atom. The Kier molecular flexibility index (Phi) is 5.88. The van der Waals surface area contributed by atoms with Crippen molar-refractivity contribution in [1.82, 2.24) is 4.31 Å². The molecule has 0 bridgehead atoms. The molecule has 0 radical (unpaired) electrons. The Hall–Kier alpha value is -2.93. The Labute approximate surface area is 170 Å². The maximum atomic E-state index is 13.4. The van der Waals surface area contributed by atoms with Crippen LogP contribution in [0.25, 0.3) is 0 Å². The number of amides is 1. The zero-order valence-electron chi connectivity index (χ0n) is 16.5. The number of ether oxygens (including phenoxy) is 1. The maximum absolute atomic E-state index is 13.4. The van der Waals surface area contributed by atoms with Crippen LogP contribution in [0.5, 0.6) is 0 Å². The summed E-state index contributed by atoms with van der Waals surface area (Å²) in [4.78, 5) is 25.1. The van der Waals surface area contributed by atoms with Crippen molar-refractivity contribution in [2.75, 3.05) is 6.61 Å². The van der Waals surface area contributed by atoms with E-state index in [0.717, 1.165) is 15.4 Å². The molecule has 0 aliphatic carbocycles. The topological polar surface area (TPSA) is 80.8 Å². The van der Waals surface area contributed by atoms with Gasteiger partial charge in [0.05, 0.1) is 17.5 Å². The summed E-state index contributed by atoms with van der Waals surface area (Å²) in [6, 6.07) is 12.4. The van der Waals surface area contributed by atoms with Crippen LogP contribution >= 0.6 is 0 Å². The molecule has 29 heavy (non-hydrogen) atoms. The van der Waals surface area contributed by atoms with Crippen LogP contribution in [0.3, 0.4) is 0 Å². The largest absolute Gasteiger partial charge is 0.463 e. The molecule has 0 N–H and O–H groups in total. The summed E-state index contributed by atoms with van der Waals surface area (Å²) in [6.07, 6.45) is 2.62. The molecule has 1 aliphatic heterocycles. The zero-order chi connectivity index (χ0) is 21.2. The summed E-state index contributed by atoms with van der Waals surface area (Å²) in [7, 11) is -4.13. The number of rotatable bonds is 5. The first-order chi connectivity index (χ1) is 13.8. The first-order valence-corrected chi connectivity index (χ1v) is 10.8. The van der Waals surface area contributed by atoms with Gasteiger partial charge in [-0.1, -0.05) is 48.9 Å². The van der Waals surface area contributed by atoms with Crippen molar-refractivity contribution in [2.45, 2.75) is 37.6 Å². The van der Waals surface area contributed by atoms with E-state index in [1.165, 1.54) is 24.3 Å². The highest BCUT2D eigenvalue weighted by atomic mass is 32.2. The van der Waals surface area contributed by atoms with E-state index in [4.69, 9.17) is 4.74 Å². The second kappa shape index (κ2) is 8.21. The lowest BCUT2D eigenvalue weighted by Gasteiger charge is -2.38. The number of hydrogen-bond donors (Lipinski definition) is 0. The predicted octanol–water partition coefficient (Wildman–Crippen LogP) is 3.43. The summed E-state index contributed by atoms with van der Waals surface area (Å²) in [5.41, 5.74) is 1.99. The molecule has 7 heteroatoms. The summed E-state index contributed by atoms with van der Waals surface area (Å²) in [5, 5.41) is 0. The maximum Gasteiger partial charge on any atom is 0.330 e. The standard InChI is InChI=1S/C22H23NO5S/c1-4-28-21(24)14-13-20-16(3)18-7-5-6-8-19(18)22(25)23(20)29(26,27)17-11-9-15(2)10-12-17/h5-14,16,20H,4H2,1-3H3/b14-13+. The van der Waals surface area contributed by atoms with Crippen molar-refractivity contribution >= 4 is 21.9 Å². The molecule has 1 heterocycles. The lowest BCUT2D eigenvalue weighted by atomic mass is 9.85. The highest BCUT2D eigenvalue weighted by Crippen LogP contribution is 2.37. The van der Waals surface area contributed by atoms with E-state index in [0.29, 0.717) is 5.56 Å². The normalized spacial score (nSPS) is 19.3. The summed E-state index contributed by atoms with van der Waals surface area (Å²) >= 11 is 0. The van der Waals surface area contributed by atoms with E-state index >= 15 is 0 Å². The van der Waals surface area contributed by atoms with Crippen molar-refractivity contribution < 1.29 is 22.7 Å². The lowest BCUT2D eigenvalue weighted by Crippen LogP contribution is -2.49. The van der Waals surface area contributed by atoms with E-state index in [1.807, 2.05) is 13.8 Å².